The molecule has 0 atom stereocenters. The van der Waals surface area contributed by atoms with Gasteiger partial charge in [-0.1, -0.05) is 5.16 Å². The third kappa shape index (κ3) is 4.75. The van der Waals surface area contributed by atoms with Crippen molar-refractivity contribution < 1.29 is 18.5 Å². The van der Waals surface area contributed by atoms with Crippen LogP contribution in [0, 0.1) is 0 Å². The van der Waals surface area contributed by atoms with Gasteiger partial charge in [-0.25, -0.2) is 9.97 Å². The van der Waals surface area contributed by atoms with Gasteiger partial charge in [0.15, 0.2) is 16.7 Å². The average Bonchev–Trinajstić information content (AvgIpc) is 3.52. The lowest BCUT2D eigenvalue weighted by Crippen LogP contribution is -2.18. The molecular weight excluding hydrogens is 412 g/mol. The van der Waals surface area contributed by atoms with E-state index in [-0.39, 0.29) is 30.5 Å². The zero-order valence-corrected chi connectivity index (χ0v) is 16.5. The number of nitrogens with zero attached hydrogens (tertiary/aromatic N) is 5. The lowest BCUT2D eigenvalue weighted by atomic mass is 10.3. The van der Waals surface area contributed by atoms with E-state index in [9.17, 15) is 9.59 Å². The van der Waals surface area contributed by atoms with Gasteiger partial charge in [-0.15, -0.1) is 11.3 Å². The molecule has 0 aliphatic rings. The number of hydrogen-bond acceptors (Lipinski definition) is 10. The number of anilines is 1. The molecular formula is C17H16N8O4S. The Hall–Kier alpha value is -3.87. The topological polar surface area (TPSA) is 165 Å². The highest BCUT2D eigenvalue weighted by molar-refractivity contribution is 7.14. The predicted octanol–water partition coefficient (Wildman–Crippen LogP) is 1.78. The molecule has 12 nitrogen and oxygen atoms in total. The van der Waals surface area contributed by atoms with Crippen LogP contribution >= 0.6 is 11.3 Å². The number of thiazole rings is 1. The molecule has 0 aliphatic carbocycles. The van der Waals surface area contributed by atoms with E-state index in [1.54, 1.807) is 17.5 Å². The number of nitrogens with one attached hydrogen (secondary N) is 3. The van der Waals surface area contributed by atoms with E-state index in [1.165, 1.54) is 24.6 Å². The van der Waals surface area contributed by atoms with Crippen LogP contribution in [-0.2, 0) is 22.6 Å². The second kappa shape index (κ2) is 8.65. The Bertz CT molecular complexity index is 1150. The normalized spacial score (nSPS) is 10.8. The van der Waals surface area contributed by atoms with Crippen molar-refractivity contribution in [3.05, 3.63) is 35.5 Å². The summed E-state index contributed by atoms with van der Waals surface area (Å²) >= 11 is 1.28. The summed E-state index contributed by atoms with van der Waals surface area (Å²) in [5, 5.41) is 17.8. The second-order valence-corrected chi connectivity index (χ2v) is 6.97. The number of carbonyl (C=O) groups excluding carboxylic acids is 2. The zero-order valence-electron chi connectivity index (χ0n) is 15.7. The molecule has 4 aromatic rings. The van der Waals surface area contributed by atoms with E-state index in [0.29, 0.717) is 40.6 Å². The molecule has 154 valence electrons. The molecule has 30 heavy (non-hydrogen) atoms. The van der Waals surface area contributed by atoms with Crippen LogP contribution in [0.4, 0.5) is 5.13 Å². The molecule has 3 N–H and O–H groups in total. The number of carbonyl (C=O) groups is 2. The molecule has 0 bridgehead atoms. The third-order valence-corrected chi connectivity index (χ3v) is 4.59. The monoisotopic (exact) mass is 428 g/mol. The first kappa shape index (κ1) is 19.4. The molecule has 0 unspecified atom stereocenters. The number of aromatic nitrogens is 6. The number of furan rings is 1. The van der Waals surface area contributed by atoms with E-state index in [1.807, 2.05) is 0 Å². The van der Waals surface area contributed by atoms with Crippen molar-refractivity contribution in [1.29, 1.82) is 0 Å². The maximum Gasteiger partial charge on any atom is 0.239 e. The summed E-state index contributed by atoms with van der Waals surface area (Å²) in [6, 6.07) is 3.53. The highest BCUT2D eigenvalue weighted by atomic mass is 32.1. The van der Waals surface area contributed by atoms with E-state index in [4.69, 9.17) is 8.94 Å². The van der Waals surface area contributed by atoms with Gasteiger partial charge < -0.3 is 19.6 Å². The van der Waals surface area contributed by atoms with Gasteiger partial charge in [0.25, 0.3) is 0 Å². The number of aromatic amines is 1. The smallest absolute Gasteiger partial charge is 0.239 e. The molecule has 0 fully saturated rings. The zero-order chi connectivity index (χ0) is 20.9. The lowest BCUT2D eigenvalue weighted by Gasteiger charge is -1.99. The Balaban J connectivity index is 1.29. The minimum atomic E-state index is -0.235. The molecule has 4 aromatic heterocycles. The Morgan fingerprint density at radius 2 is 2.17 bits per heavy atom. The first-order chi connectivity index (χ1) is 14.6. The quantitative estimate of drug-likeness (QED) is 0.379. The standard InChI is InChI=1S/C17H16N8O4S/c1-9(26)18-6-10-2-3-12(28-10)11-7-30-17(21-11)22-13(27)4-5-14-23-16(25-29-14)15-19-8-20-24-15/h2-3,7-8H,4-6H2,1H3,(H,18,26)(H,19,20,24)(H,21,22,27). The van der Waals surface area contributed by atoms with Crippen LogP contribution in [0.1, 0.15) is 25.0 Å². The van der Waals surface area contributed by atoms with Crippen molar-refractivity contribution >= 4 is 28.3 Å². The number of amides is 2. The summed E-state index contributed by atoms with van der Waals surface area (Å²) in [6.45, 7) is 1.74. The first-order valence-corrected chi connectivity index (χ1v) is 9.72. The molecule has 0 aromatic carbocycles. The van der Waals surface area contributed by atoms with E-state index < -0.39 is 0 Å². The molecule has 0 aliphatic heterocycles. The van der Waals surface area contributed by atoms with Gasteiger partial charge in [0, 0.05) is 25.1 Å². The third-order valence-electron chi connectivity index (χ3n) is 3.84. The Kier molecular flexibility index (Phi) is 5.61. The summed E-state index contributed by atoms with van der Waals surface area (Å²) in [5.74, 6) is 1.79. The molecule has 0 spiro atoms. The fourth-order valence-corrected chi connectivity index (χ4v) is 3.15. The Morgan fingerprint density at radius 3 is 2.97 bits per heavy atom. The summed E-state index contributed by atoms with van der Waals surface area (Å²) in [4.78, 5) is 35.6. The molecule has 2 amide bonds. The molecule has 0 saturated carbocycles. The highest BCUT2D eigenvalue weighted by Crippen LogP contribution is 2.26. The van der Waals surface area contributed by atoms with Gasteiger partial charge in [-0.05, 0) is 12.1 Å². The fraction of sp³-hybridized carbons (Fsp3) is 0.235. The molecule has 13 heteroatoms. The van der Waals surface area contributed by atoms with Crippen molar-refractivity contribution in [3.8, 4) is 23.1 Å². The average molecular weight is 428 g/mol. The van der Waals surface area contributed by atoms with Crippen molar-refractivity contribution in [2.75, 3.05) is 5.32 Å². The highest BCUT2D eigenvalue weighted by Gasteiger charge is 2.14. The van der Waals surface area contributed by atoms with Crippen molar-refractivity contribution in [2.45, 2.75) is 26.3 Å². The first-order valence-electron chi connectivity index (χ1n) is 8.84. The van der Waals surface area contributed by atoms with E-state index in [0.717, 1.165) is 0 Å². The number of H-pyrrole nitrogens is 1. The molecule has 4 rings (SSSR count). The maximum atomic E-state index is 12.2. The van der Waals surface area contributed by atoms with E-state index in [2.05, 4.69) is 40.9 Å². The van der Waals surface area contributed by atoms with Crippen molar-refractivity contribution in [2.24, 2.45) is 0 Å². The van der Waals surface area contributed by atoms with Gasteiger partial charge in [0.2, 0.25) is 23.5 Å². The van der Waals surface area contributed by atoms with E-state index >= 15 is 0 Å². The lowest BCUT2D eigenvalue weighted by molar-refractivity contribution is -0.119. The fourth-order valence-electron chi connectivity index (χ4n) is 2.43. The summed E-state index contributed by atoms with van der Waals surface area (Å²) in [5.41, 5.74) is 0.595. The number of hydrogen-bond donors (Lipinski definition) is 3. The summed E-state index contributed by atoms with van der Waals surface area (Å²) in [6.07, 6.45) is 1.76. The minimum Gasteiger partial charge on any atom is -0.458 e. The predicted molar refractivity (Wildman–Crippen MR) is 104 cm³/mol. The van der Waals surface area contributed by atoms with Crippen LogP contribution in [0.3, 0.4) is 0 Å². The van der Waals surface area contributed by atoms with Crippen LogP contribution in [0.25, 0.3) is 23.1 Å². The van der Waals surface area contributed by atoms with Crippen molar-refractivity contribution in [3.63, 3.8) is 0 Å². The minimum absolute atomic E-state index is 0.138. The second-order valence-electron chi connectivity index (χ2n) is 6.11. The molecule has 0 radical (unpaired) electrons. The summed E-state index contributed by atoms with van der Waals surface area (Å²) in [7, 11) is 0. The van der Waals surface area contributed by atoms with Gasteiger partial charge in [0.05, 0.1) is 6.54 Å². The molecule has 0 saturated heterocycles. The maximum absolute atomic E-state index is 12.2. The van der Waals surface area contributed by atoms with Gasteiger partial charge in [-0.2, -0.15) is 10.1 Å². The van der Waals surface area contributed by atoms with Crippen LogP contribution in [0.5, 0.6) is 0 Å². The van der Waals surface area contributed by atoms with Crippen LogP contribution < -0.4 is 10.6 Å². The van der Waals surface area contributed by atoms with Crippen LogP contribution in [-0.4, -0.2) is 42.1 Å². The molecule has 4 heterocycles. The van der Waals surface area contributed by atoms with Gasteiger partial charge in [-0.3, -0.25) is 14.7 Å². The van der Waals surface area contributed by atoms with Crippen LogP contribution in [0.2, 0.25) is 0 Å². The largest absolute Gasteiger partial charge is 0.458 e. The van der Waals surface area contributed by atoms with Gasteiger partial charge in [0.1, 0.15) is 17.8 Å². The number of rotatable bonds is 8. The Morgan fingerprint density at radius 1 is 1.27 bits per heavy atom. The van der Waals surface area contributed by atoms with Gasteiger partial charge >= 0.3 is 0 Å². The SMILES string of the molecule is CC(=O)NCc1ccc(-c2csc(NC(=O)CCc3nc(-c4ncn[nH]4)no3)n2)o1. The van der Waals surface area contributed by atoms with Crippen LogP contribution in [0.15, 0.2) is 32.8 Å². The number of aryl methyl sites for hydroxylation is 1. The summed E-state index contributed by atoms with van der Waals surface area (Å²) < 4.78 is 10.8. The Labute approximate surface area is 173 Å². The van der Waals surface area contributed by atoms with Crippen molar-refractivity contribution in [1.82, 2.24) is 35.6 Å².